The predicted octanol–water partition coefficient (Wildman–Crippen LogP) is 1.69. The van der Waals surface area contributed by atoms with Gasteiger partial charge in [0, 0.05) is 38.0 Å². The number of nitrogens with one attached hydrogen (secondary N) is 1. The zero-order valence-electron chi connectivity index (χ0n) is 13.2. The Kier molecular flexibility index (Phi) is 4.34. The Morgan fingerprint density at radius 2 is 2.17 bits per heavy atom. The fourth-order valence-corrected chi connectivity index (χ4v) is 2.96. The molecular formula is C17H21N3O3. The molecule has 1 aliphatic heterocycles. The fraction of sp³-hybridized carbons (Fsp3) is 0.412. The van der Waals surface area contributed by atoms with E-state index in [9.17, 15) is 15.0 Å². The van der Waals surface area contributed by atoms with Crippen molar-refractivity contribution in [2.75, 3.05) is 6.54 Å². The highest BCUT2D eigenvalue weighted by molar-refractivity contribution is 5.38. The van der Waals surface area contributed by atoms with Gasteiger partial charge in [-0.15, -0.1) is 0 Å². The van der Waals surface area contributed by atoms with E-state index >= 15 is 0 Å². The summed E-state index contributed by atoms with van der Waals surface area (Å²) in [6, 6.07) is 4.49. The molecule has 0 aliphatic carbocycles. The molecule has 0 atom stereocenters. The molecular weight excluding hydrogens is 294 g/mol. The quantitative estimate of drug-likeness (QED) is 0.747. The van der Waals surface area contributed by atoms with Crippen LogP contribution in [0.4, 0.5) is 0 Å². The Balaban J connectivity index is 1.80. The van der Waals surface area contributed by atoms with Crippen molar-refractivity contribution in [3.05, 3.63) is 51.2 Å². The third-order valence-electron chi connectivity index (χ3n) is 4.14. The number of hydrogen-bond acceptors (Lipinski definition) is 5. The van der Waals surface area contributed by atoms with Gasteiger partial charge in [0.1, 0.15) is 17.3 Å². The molecule has 0 bridgehead atoms. The van der Waals surface area contributed by atoms with E-state index < -0.39 is 0 Å². The lowest BCUT2D eigenvalue weighted by atomic mass is 10.1. The van der Waals surface area contributed by atoms with Gasteiger partial charge >= 0.3 is 0 Å². The molecule has 3 rings (SSSR count). The number of rotatable bonds is 4. The standard InChI is InChI=1S/C17H21N3O3/c1-2-3-16-18-14-6-7-20(10-13(14)17(23)19-16)9-11-8-12(21)4-5-15(11)22/h4-5,8,21-22H,2-3,6-7,9-10H2,1H3,(H,18,19,23). The summed E-state index contributed by atoms with van der Waals surface area (Å²) in [5.74, 6) is 1.04. The Labute approximate surface area is 134 Å². The lowest BCUT2D eigenvalue weighted by molar-refractivity contribution is 0.238. The lowest BCUT2D eigenvalue weighted by Crippen LogP contribution is -2.35. The van der Waals surface area contributed by atoms with Gasteiger partial charge in [-0.2, -0.15) is 0 Å². The largest absolute Gasteiger partial charge is 0.508 e. The monoisotopic (exact) mass is 315 g/mol. The molecule has 1 aliphatic rings. The third-order valence-corrected chi connectivity index (χ3v) is 4.14. The second-order valence-electron chi connectivity index (χ2n) is 5.96. The van der Waals surface area contributed by atoms with Crippen LogP contribution in [0.2, 0.25) is 0 Å². The van der Waals surface area contributed by atoms with E-state index in [1.165, 1.54) is 12.1 Å². The summed E-state index contributed by atoms with van der Waals surface area (Å²) in [6.45, 7) is 3.81. The number of aromatic amines is 1. The molecule has 0 fully saturated rings. The van der Waals surface area contributed by atoms with E-state index in [1.807, 2.05) is 0 Å². The zero-order valence-corrected chi connectivity index (χ0v) is 13.2. The van der Waals surface area contributed by atoms with Crippen LogP contribution in [0.1, 0.15) is 36.0 Å². The first-order chi connectivity index (χ1) is 11.1. The van der Waals surface area contributed by atoms with E-state index in [-0.39, 0.29) is 17.1 Å². The molecule has 1 aromatic carbocycles. The Morgan fingerprint density at radius 3 is 2.96 bits per heavy atom. The molecule has 0 saturated carbocycles. The molecule has 2 aromatic rings. The number of benzene rings is 1. The highest BCUT2D eigenvalue weighted by Gasteiger charge is 2.21. The number of fused-ring (bicyclic) bond motifs is 1. The number of phenols is 2. The minimum atomic E-state index is -0.0664. The highest BCUT2D eigenvalue weighted by Crippen LogP contribution is 2.25. The number of aromatic nitrogens is 2. The van der Waals surface area contributed by atoms with Crippen molar-refractivity contribution in [3.63, 3.8) is 0 Å². The van der Waals surface area contributed by atoms with Gasteiger partial charge in [0.15, 0.2) is 0 Å². The fourth-order valence-electron chi connectivity index (χ4n) is 2.96. The highest BCUT2D eigenvalue weighted by atomic mass is 16.3. The summed E-state index contributed by atoms with van der Waals surface area (Å²) in [6.07, 6.45) is 2.45. The van der Waals surface area contributed by atoms with Crippen molar-refractivity contribution in [1.29, 1.82) is 0 Å². The van der Waals surface area contributed by atoms with Crippen molar-refractivity contribution in [3.8, 4) is 11.5 Å². The van der Waals surface area contributed by atoms with Gasteiger partial charge in [-0.1, -0.05) is 6.92 Å². The van der Waals surface area contributed by atoms with Crippen LogP contribution in [0.3, 0.4) is 0 Å². The maximum absolute atomic E-state index is 12.3. The summed E-state index contributed by atoms with van der Waals surface area (Å²) in [5.41, 5.74) is 2.17. The van der Waals surface area contributed by atoms with Gasteiger partial charge in [0.25, 0.3) is 5.56 Å². The van der Waals surface area contributed by atoms with Gasteiger partial charge in [-0.05, 0) is 24.6 Å². The van der Waals surface area contributed by atoms with Crippen LogP contribution >= 0.6 is 0 Å². The summed E-state index contributed by atoms with van der Waals surface area (Å²) in [4.78, 5) is 21.8. The first-order valence-electron chi connectivity index (χ1n) is 7.91. The Morgan fingerprint density at radius 1 is 1.35 bits per heavy atom. The number of aryl methyl sites for hydroxylation is 1. The van der Waals surface area contributed by atoms with Crippen molar-refractivity contribution < 1.29 is 10.2 Å². The summed E-state index contributed by atoms with van der Waals surface area (Å²) in [7, 11) is 0. The Hall–Kier alpha value is -2.34. The van der Waals surface area contributed by atoms with E-state index in [4.69, 9.17) is 0 Å². The summed E-state index contributed by atoms with van der Waals surface area (Å²) >= 11 is 0. The normalized spacial score (nSPS) is 14.7. The number of hydrogen-bond donors (Lipinski definition) is 3. The Bertz CT molecular complexity index is 770. The lowest BCUT2D eigenvalue weighted by Gasteiger charge is -2.28. The van der Waals surface area contributed by atoms with Crippen LogP contribution in [0, 0.1) is 0 Å². The molecule has 6 heteroatoms. The molecule has 122 valence electrons. The minimum Gasteiger partial charge on any atom is -0.508 e. The van der Waals surface area contributed by atoms with E-state index in [2.05, 4.69) is 21.8 Å². The predicted molar refractivity (Wildman–Crippen MR) is 86.4 cm³/mol. The van der Waals surface area contributed by atoms with Crippen molar-refractivity contribution >= 4 is 0 Å². The van der Waals surface area contributed by atoms with Crippen LogP contribution in [-0.2, 0) is 25.9 Å². The van der Waals surface area contributed by atoms with E-state index in [0.29, 0.717) is 24.2 Å². The number of H-pyrrole nitrogens is 1. The van der Waals surface area contributed by atoms with Crippen LogP contribution in [0.15, 0.2) is 23.0 Å². The zero-order chi connectivity index (χ0) is 16.4. The second kappa shape index (κ2) is 6.42. The molecule has 3 N–H and O–H groups in total. The van der Waals surface area contributed by atoms with Crippen LogP contribution in [0.5, 0.6) is 11.5 Å². The topological polar surface area (TPSA) is 89.5 Å². The van der Waals surface area contributed by atoms with Gasteiger partial charge < -0.3 is 15.2 Å². The van der Waals surface area contributed by atoms with E-state index in [1.54, 1.807) is 6.07 Å². The molecule has 0 spiro atoms. The molecule has 1 aromatic heterocycles. The molecule has 0 amide bonds. The smallest absolute Gasteiger partial charge is 0.255 e. The average molecular weight is 315 g/mol. The maximum Gasteiger partial charge on any atom is 0.255 e. The molecule has 0 saturated heterocycles. The van der Waals surface area contributed by atoms with Crippen molar-refractivity contribution in [2.45, 2.75) is 39.3 Å². The second-order valence-corrected chi connectivity index (χ2v) is 5.96. The average Bonchev–Trinajstić information content (AvgIpc) is 2.52. The minimum absolute atomic E-state index is 0.0664. The molecule has 0 radical (unpaired) electrons. The molecule has 0 unspecified atom stereocenters. The first kappa shape index (κ1) is 15.6. The molecule has 23 heavy (non-hydrogen) atoms. The van der Waals surface area contributed by atoms with Gasteiger partial charge in [0.2, 0.25) is 0 Å². The molecule has 6 nitrogen and oxygen atoms in total. The van der Waals surface area contributed by atoms with Crippen molar-refractivity contribution in [1.82, 2.24) is 14.9 Å². The number of phenolic OH excluding ortho intramolecular Hbond substituents is 2. The van der Waals surface area contributed by atoms with Gasteiger partial charge in [-0.3, -0.25) is 9.69 Å². The SMILES string of the molecule is CCCc1nc2c(c(=O)[nH]1)CN(Cc1cc(O)ccc1O)CC2. The van der Waals surface area contributed by atoms with Gasteiger partial charge in [0.05, 0.1) is 11.3 Å². The number of aromatic hydroxyl groups is 2. The van der Waals surface area contributed by atoms with E-state index in [0.717, 1.165) is 37.3 Å². The van der Waals surface area contributed by atoms with Crippen LogP contribution < -0.4 is 5.56 Å². The molecule has 2 heterocycles. The van der Waals surface area contributed by atoms with Crippen LogP contribution in [0.25, 0.3) is 0 Å². The van der Waals surface area contributed by atoms with Crippen molar-refractivity contribution in [2.24, 2.45) is 0 Å². The van der Waals surface area contributed by atoms with Crippen LogP contribution in [-0.4, -0.2) is 31.6 Å². The summed E-state index contributed by atoms with van der Waals surface area (Å²) in [5, 5.41) is 19.4. The van der Waals surface area contributed by atoms with Gasteiger partial charge in [-0.25, -0.2) is 4.98 Å². The third kappa shape index (κ3) is 3.37. The maximum atomic E-state index is 12.3. The first-order valence-corrected chi connectivity index (χ1v) is 7.91. The number of nitrogens with zero attached hydrogens (tertiary/aromatic N) is 2. The summed E-state index contributed by atoms with van der Waals surface area (Å²) < 4.78 is 0.